The molecule has 0 saturated carbocycles. The molecule has 1 unspecified atom stereocenters. The molecule has 0 aliphatic carbocycles. The Hall–Kier alpha value is -3.11. The standard InChI is InChI=1S/C33H47N4O7P/c1-23(2)22-27(31(39)35-37-20-11-9-7-5-3-4-6-8-10-18-29(37)38)34-28(45(42,43)44)19-21-36-32(40)25-16-12-14-24-15-13-17-26(30(24)25)33(36)41/h12-17,23,27-28,34H,3-11,18-22H2,1-2H3,(H,35,39)(H2,42,43,44)/t27?,28-/m0/s1. The van der Waals surface area contributed by atoms with Crippen molar-refractivity contribution in [3.05, 3.63) is 47.5 Å². The zero-order valence-electron chi connectivity index (χ0n) is 26.4. The lowest BCUT2D eigenvalue weighted by molar-refractivity contribution is -0.142. The molecule has 1 saturated heterocycles. The summed E-state index contributed by atoms with van der Waals surface area (Å²) < 4.78 is 12.7. The van der Waals surface area contributed by atoms with E-state index in [1.165, 1.54) is 17.9 Å². The molecule has 45 heavy (non-hydrogen) atoms. The van der Waals surface area contributed by atoms with E-state index in [-0.39, 0.29) is 31.2 Å². The summed E-state index contributed by atoms with van der Waals surface area (Å²) in [6.07, 6.45) is 9.36. The Morgan fingerprint density at radius 3 is 1.98 bits per heavy atom. The van der Waals surface area contributed by atoms with Crippen LogP contribution in [-0.4, -0.2) is 68.2 Å². The zero-order chi connectivity index (χ0) is 32.6. The molecule has 0 bridgehead atoms. The first kappa shape index (κ1) is 34.8. The third-order valence-electron chi connectivity index (χ3n) is 8.62. The number of carbonyl (C=O) groups is 4. The van der Waals surface area contributed by atoms with Gasteiger partial charge < -0.3 is 9.79 Å². The van der Waals surface area contributed by atoms with Crippen molar-refractivity contribution in [2.45, 2.75) is 103 Å². The van der Waals surface area contributed by atoms with Gasteiger partial charge in [-0.1, -0.05) is 83.1 Å². The molecule has 4 amide bonds. The Kier molecular flexibility index (Phi) is 12.3. The second kappa shape index (κ2) is 15.9. The molecule has 246 valence electrons. The highest BCUT2D eigenvalue weighted by molar-refractivity contribution is 7.52. The van der Waals surface area contributed by atoms with Crippen LogP contribution in [0.1, 0.15) is 112 Å². The molecule has 11 nitrogen and oxygen atoms in total. The fourth-order valence-electron chi connectivity index (χ4n) is 6.21. The molecular formula is C33H47N4O7P. The first-order valence-electron chi connectivity index (χ1n) is 16.3. The Balaban J connectivity index is 1.48. The van der Waals surface area contributed by atoms with Gasteiger partial charge in [-0.3, -0.25) is 44.4 Å². The lowest BCUT2D eigenvalue weighted by Gasteiger charge is -2.32. The van der Waals surface area contributed by atoms with E-state index >= 15 is 0 Å². The Bertz CT molecular complexity index is 1370. The van der Waals surface area contributed by atoms with E-state index in [1.54, 1.807) is 24.3 Å². The van der Waals surface area contributed by atoms with Crippen LogP contribution in [0.2, 0.25) is 0 Å². The van der Waals surface area contributed by atoms with Gasteiger partial charge in [-0.25, -0.2) is 0 Å². The number of hydrazine groups is 1. The summed E-state index contributed by atoms with van der Waals surface area (Å²) in [5, 5.41) is 5.54. The van der Waals surface area contributed by atoms with Crippen LogP contribution in [0.25, 0.3) is 10.8 Å². The fourth-order valence-corrected chi connectivity index (χ4v) is 7.04. The third-order valence-corrected chi connectivity index (χ3v) is 9.84. The quantitative estimate of drug-likeness (QED) is 0.206. The Morgan fingerprint density at radius 2 is 1.42 bits per heavy atom. The minimum Gasteiger partial charge on any atom is -0.323 e. The van der Waals surface area contributed by atoms with Crippen LogP contribution in [0.5, 0.6) is 0 Å². The molecule has 4 N–H and O–H groups in total. The summed E-state index contributed by atoms with van der Waals surface area (Å²) in [5.41, 5.74) is 3.46. The third kappa shape index (κ3) is 9.22. The van der Waals surface area contributed by atoms with Crippen molar-refractivity contribution < 1.29 is 33.5 Å². The first-order valence-corrected chi connectivity index (χ1v) is 18.0. The highest BCUT2D eigenvalue weighted by Gasteiger charge is 2.37. The first-order chi connectivity index (χ1) is 21.5. The topological polar surface area (TPSA) is 156 Å². The lowest BCUT2D eigenvalue weighted by Crippen LogP contribution is -2.55. The van der Waals surface area contributed by atoms with Crippen LogP contribution >= 0.6 is 7.60 Å². The van der Waals surface area contributed by atoms with Crippen LogP contribution in [0.3, 0.4) is 0 Å². The number of amides is 4. The molecule has 2 aromatic carbocycles. The fraction of sp³-hybridized carbons (Fsp3) is 0.576. The summed E-state index contributed by atoms with van der Waals surface area (Å²) in [6, 6.07) is 9.34. The predicted octanol–water partition coefficient (Wildman–Crippen LogP) is 5.11. The van der Waals surface area contributed by atoms with Gasteiger partial charge in [0.2, 0.25) is 5.91 Å². The van der Waals surface area contributed by atoms with Gasteiger partial charge in [0.15, 0.2) is 0 Å². The van der Waals surface area contributed by atoms with Crippen molar-refractivity contribution in [1.82, 2.24) is 20.7 Å². The molecule has 2 aliphatic rings. The summed E-state index contributed by atoms with van der Waals surface area (Å²) >= 11 is 0. The average Bonchev–Trinajstić information content (AvgIpc) is 3.01. The summed E-state index contributed by atoms with van der Waals surface area (Å²) in [4.78, 5) is 75.0. The molecule has 2 aliphatic heterocycles. The molecule has 12 heteroatoms. The smallest absolute Gasteiger partial charge is 0.323 e. The monoisotopic (exact) mass is 642 g/mol. The molecule has 0 radical (unpaired) electrons. The van der Waals surface area contributed by atoms with Crippen LogP contribution in [-0.2, 0) is 14.2 Å². The SMILES string of the molecule is CC(C)CC(N[C@H](CCN1C(=O)c2cccc3cccc(c23)C1=O)P(=O)(O)O)C(=O)NN1CCCCCCCCCCCC1=O. The van der Waals surface area contributed by atoms with Crippen LogP contribution in [0, 0.1) is 5.92 Å². The second-order valence-electron chi connectivity index (χ2n) is 12.7. The predicted molar refractivity (Wildman–Crippen MR) is 172 cm³/mol. The van der Waals surface area contributed by atoms with E-state index in [9.17, 15) is 33.5 Å². The average molecular weight is 643 g/mol. The molecule has 0 aromatic heterocycles. The molecule has 2 aromatic rings. The van der Waals surface area contributed by atoms with Gasteiger partial charge >= 0.3 is 7.60 Å². The van der Waals surface area contributed by atoms with E-state index in [4.69, 9.17) is 0 Å². The van der Waals surface area contributed by atoms with E-state index in [2.05, 4.69) is 10.7 Å². The number of rotatable bonds is 10. The summed E-state index contributed by atoms with van der Waals surface area (Å²) in [6.45, 7) is 3.89. The summed E-state index contributed by atoms with van der Waals surface area (Å²) in [7, 11) is -4.84. The minimum absolute atomic E-state index is 0.0151. The van der Waals surface area contributed by atoms with E-state index in [0.717, 1.165) is 55.2 Å². The maximum Gasteiger partial charge on any atom is 0.342 e. The highest BCUT2D eigenvalue weighted by atomic mass is 31.2. The van der Waals surface area contributed by atoms with Gasteiger partial charge in [0.1, 0.15) is 5.78 Å². The van der Waals surface area contributed by atoms with Crippen LogP contribution < -0.4 is 10.7 Å². The maximum atomic E-state index is 13.6. The van der Waals surface area contributed by atoms with Crippen molar-refractivity contribution in [3.63, 3.8) is 0 Å². The van der Waals surface area contributed by atoms with Crippen molar-refractivity contribution in [3.8, 4) is 0 Å². The van der Waals surface area contributed by atoms with Crippen molar-refractivity contribution in [2.24, 2.45) is 5.92 Å². The van der Waals surface area contributed by atoms with E-state index < -0.39 is 37.1 Å². The minimum atomic E-state index is -4.84. The van der Waals surface area contributed by atoms with Crippen LogP contribution in [0.4, 0.5) is 0 Å². The van der Waals surface area contributed by atoms with Crippen molar-refractivity contribution in [2.75, 3.05) is 13.1 Å². The molecule has 4 rings (SSSR count). The number of carbonyl (C=O) groups excluding carboxylic acids is 4. The largest absolute Gasteiger partial charge is 0.342 e. The molecule has 1 fully saturated rings. The summed E-state index contributed by atoms with van der Waals surface area (Å²) in [5.74, 6) is -3.31. The van der Waals surface area contributed by atoms with Crippen molar-refractivity contribution in [1.29, 1.82) is 0 Å². The van der Waals surface area contributed by atoms with E-state index in [1.807, 2.05) is 26.0 Å². The Morgan fingerprint density at radius 1 is 0.867 bits per heavy atom. The van der Waals surface area contributed by atoms with Crippen LogP contribution in [0.15, 0.2) is 36.4 Å². The Labute approximate surface area is 265 Å². The second-order valence-corrected chi connectivity index (χ2v) is 14.5. The number of nitrogens with zero attached hydrogens (tertiary/aromatic N) is 2. The van der Waals surface area contributed by atoms with Gasteiger partial charge in [0.05, 0.1) is 6.04 Å². The molecule has 2 heterocycles. The molecule has 0 spiro atoms. The van der Waals surface area contributed by atoms with Gasteiger partial charge in [-0.05, 0) is 49.1 Å². The number of imide groups is 1. The van der Waals surface area contributed by atoms with Crippen molar-refractivity contribution >= 4 is 42.0 Å². The van der Waals surface area contributed by atoms with Gasteiger partial charge in [-0.2, -0.15) is 0 Å². The number of hydrogen-bond donors (Lipinski definition) is 4. The number of hydrogen-bond acceptors (Lipinski definition) is 6. The molecule has 2 atom stereocenters. The zero-order valence-corrected chi connectivity index (χ0v) is 27.3. The lowest BCUT2D eigenvalue weighted by atomic mass is 9.94. The highest BCUT2D eigenvalue weighted by Crippen LogP contribution is 2.42. The van der Waals surface area contributed by atoms with Gasteiger partial charge in [0.25, 0.3) is 17.7 Å². The van der Waals surface area contributed by atoms with Gasteiger partial charge in [-0.15, -0.1) is 0 Å². The molecular weight excluding hydrogens is 595 g/mol. The normalized spacial score (nSPS) is 18.7. The maximum absolute atomic E-state index is 13.6. The van der Waals surface area contributed by atoms with Gasteiger partial charge in [0, 0.05) is 36.0 Å². The number of benzene rings is 2. The number of nitrogens with one attached hydrogen (secondary N) is 2. The van der Waals surface area contributed by atoms with E-state index in [0.29, 0.717) is 29.5 Å².